The van der Waals surface area contributed by atoms with Crippen LogP contribution in [0.2, 0.25) is 0 Å². The lowest BCUT2D eigenvalue weighted by Gasteiger charge is -2.16. The zero-order chi connectivity index (χ0) is 11.4. The fraction of sp³-hybridized carbons (Fsp3) is 0.385. The molecule has 2 aromatic rings. The summed E-state index contributed by atoms with van der Waals surface area (Å²) >= 11 is 1.76. The SMILES string of the molecule is CC(CNC(C)c1ccoc1)c1ccsc1. The van der Waals surface area contributed by atoms with Gasteiger partial charge >= 0.3 is 0 Å². The summed E-state index contributed by atoms with van der Waals surface area (Å²) in [5, 5.41) is 7.87. The van der Waals surface area contributed by atoms with Gasteiger partial charge in [0.1, 0.15) is 0 Å². The molecule has 86 valence electrons. The molecule has 0 fully saturated rings. The van der Waals surface area contributed by atoms with Crippen LogP contribution in [0.5, 0.6) is 0 Å². The summed E-state index contributed by atoms with van der Waals surface area (Å²) in [6, 6.07) is 4.55. The van der Waals surface area contributed by atoms with Crippen molar-refractivity contribution in [1.29, 1.82) is 0 Å². The molecule has 0 aromatic carbocycles. The summed E-state index contributed by atoms with van der Waals surface area (Å²) < 4.78 is 5.08. The van der Waals surface area contributed by atoms with Gasteiger partial charge in [0.2, 0.25) is 0 Å². The molecule has 0 radical (unpaired) electrons. The van der Waals surface area contributed by atoms with Crippen molar-refractivity contribution < 1.29 is 4.42 Å². The summed E-state index contributed by atoms with van der Waals surface area (Å²) in [7, 11) is 0. The van der Waals surface area contributed by atoms with Crippen LogP contribution in [0, 0.1) is 0 Å². The highest BCUT2D eigenvalue weighted by Gasteiger charge is 2.09. The van der Waals surface area contributed by atoms with Gasteiger partial charge in [-0.2, -0.15) is 11.3 Å². The van der Waals surface area contributed by atoms with Crippen LogP contribution in [-0.2, 0) is 0 Å². The minimum Gasteiger partial charge on any atom is -0.472 e. The van der Waals surface area contributed by atoms with E-state index in [0.717, 1.165) is 6.54 Å². The molecule has 0 bridgehead atoms. The van der Waals surface area contributed by atoms with Gasteiger partial charge in [0, 0.05) is 18.2 Å². The molecule has 2 aromatic heterocycles. The van der Waals surface area contributed by atoms with Crippen molar-refractivity contribution in [2.45, 2.75) is 25.8 Å². The van der Waals surface area contributed by atoms with Gasteiger partial charge in [0.15, 0.2) is 0 Å². The number of furan rings is 1. The minimum absolute atomic E-state index is 0.347. The van der Waals surface area contributed by atoms with Gasteiger partial charge < -0.3 is 9.73 Å². The molecular formula is C13H17NOS. The second kappa shape index (κ2) is 5.32. The van der Waals surface area contributed by atoms with Crippen molar-refractivity contribution in [2.24, 2.45) is 0 Å². The van der Waals surface area contributed by atoms with E-state index < -0.39 is 0 Å². The normalized spacial score (nSPS) is 14.9. The molecule has 1 N–H and O–H groups in total. The van der Waals surface area contributed by atoms with Crippen LogP contribution >= 0.6 is 11.3 Å². The molecule has 0 saturated carbocycles. The van der Waals surface area contributed by atoms with E-state index in [0.29, 0.717) is 12.0 Å². The topological polar surface area (TPSA) is 25.2 Å². The lowest BCUT2D eigenvalue weighted by Crippen LogP contribution is -2.23. The van der Waals surface area contributed by atoms with Crippen LogP contribution in [0.4, 0.5) is 0 Å². The van der Waals surface area contributed by atoms with E-state index in [1.807, 2.05) is 6.07 Å². The number of hydrogen-bond acceptors (Lipinski definition) is 3. The first-order chi connectivity index (χ1) is 7.77. The van der Waals surface area contributed by atoms with Gasteiger partial charge in [-0.15, -0.1) is 0 Å². The Kier molecular flexibility index (Phi) is 3.80. The van der Waals surface area contributed by atoms with Crippen molar-refractivity contribution >= 4 is 11.3 Å². The van der Waals surface area contributed by atoms with Crippen LogP contribution in [0.15, 0.2) is 39.8 Å². The zero-order valence-corrected chi connectivity index (χ0v) is 10.5. The standard InChI is InChI=1S/C13H17NOS/c1-10(13-4-6-16-9-13)7-14-11(2)12-3-5-15-8-12/h3-6,8-11,14H,7H2,1-2H3. The molecular weight excluding hydrogens is 218 g/mol. The summed E-state index contributed by atoms with van der Waals surface area (Å²) in [4.78, 5) is 0. The number of nitrogens with one attached hydrogen (secondary N) is 1. The third kappa shape index (κ3) is 2.74. The molecule has 0 saturated heterocycles. The third-order valence-corrected chi connectivity index (χ3v) is 3.59. The van der Waals surface area contributed by atoms with E-state index in [4.69, 9.17) is 4.42 Å². The fourth-order valence-corrected chi connectivity index (χ4v) is 2.45. The lowest BCUT2D eigenvalue weighted by molar-refractivity contribution is 0.521. The first-order valence-electron chi connectivity index (χ1n) is 5.55. The summed E-state index contributed by atoms with van der Waals surface area (Å²) in [5.41, 5.74) is 2.62. The molecule has 0 aliphatic heterocycles. The van der Waals surface area contributed by atoms with E-state index in [1.165, 1.54) is 11.1 Å². The molecule has 0 spiro atoms. The largest absolute Gasteiger partial charge is 0.472 e. The predicted molar refractivity (Wildman–Crippen MR) is 67.9 cm³/mol. The smallest absolute Gasteiger partial charge is 0.0950 e. The number of hydrogen-bond donors (Lipinski definition) is 1. The Morgan fingerprint density at radius 1 is 1.31 bits per heavy atom. The number of rotatable bonds is 5. The van der Waals surface area contributed by atoms with Crippen LogP contribution in [0.25, 0.3) is 0 Å². The minimum atomic E-state index is 0.347. The van der Waals surface area contributed by atoms with E-state index in [2.05, 4.69) is 36.0 Å². The van der Waals surface area contributed by atoms with Crippen LogP contribution < -0.4 is 5.32 Å². The Morgan fingerprint density at radius 2 is 2.19 bits per heavy atom. The van der Waals surface area contributed by atoms with Gasteiger partial charge in [-0.25, -0.2) is 0 Å². The van der Waals surface area contributed by atoms with Gasteiger partial charge in [0.05, 0.1) is 12.5 Å². The first kappa shape index (κ1) is 11.4. The molecule has 2 nitrogen and oxygen atoms in total. The van der Waals surface area contributed by atoms with Gasteiger partial charge in [-0.3, -0.25) is 0 Å². The number of thiophene rings is 1. The Hall–Kier alpha value is -1.06. The van der Waals surface area contributed by atoms with E-state index in [-0.39, 0.29) is 0 Å². The predicted octanol–water partition coefficient (Wildman–Crippen LogP) is 3.80. The van der Waals surface area contributed by atoms with Gasteiger partial charge in [0.25, 0.3) is 0 Å². The average molecular weight is 235 g/mol. The first-order valence-corrected chi connectivity index (χ1v) is 6.49. The fourth-order valence-electron chi connectivity index (χ4n) is 1.67. The van der Waals surface area contributed by atoms with Crippen LogP contribution in [0.1, 0.15) is 36.9 Å². The third-order valence-electron chi connectivity index (χ3n) is 2.89. The summed E-state index contributed by atoms with van der Waals surface area (Å²) in [6.45, 7) is 5.39. The maximum atomic E-state index is 5.08. The maximum Gasteiger partial charge on any atom is 0.0950 e. The summed E-state index contributed by atoms with van der Waals surface area (Å²) in [6.07, 6.45) is 3.52. The van der Waals surface area contributed by atoms with Crippen LogP contribution in [0.3, 0.4) is 0 Å². The van der Waals surface area contributed by atoms with E-state index >= 15 is 0 Å². The van der Waals surface area contributed by atoms with E-state index in [1.54, 1.807) is 23.9 Å². The van der Waals surface area contributed by atoms with Crippen molar-refractivity contribution in [3.05, 3.63) is 46.5 Å². The zero-order valence-electron chi connectivity index (χ0n) is 9.64. The Labute approximate surface area is 100 Å². The van der Waals surface area contributed by atoms with Crippen molar-refractivity contribution in [1.82, 2.24) is 5.32 Å². The molecule has 2 rings (SSSR count). The van der Waals surface area contributed by atoms with Gasteiger partial charge in [-0.1, -0.05) is 6.92 Å². The highest BCUT2D eigenvalue weighted by atomic mass is 32.1. The molecule has 2 unspecified atom stereocenters. The lowest BCUT2D eigenvalue weighted by atomic mass is 10.0. The molecule has 0 aliphatic rings. The molecule has 2 atom stereocenters. The second-order valence-corrected chi connectivity index (χ2v) is 4.92. The molecule has 0 amide bonds. The van der Waals surface area contributed by atoms with Crippen molar-refractivity contribution in [3.63, 3.8) is 0 Å². The van der Waals surface area contributed by atoms with Crippen molar-refractivity contribution in [3.8, 4) is 0 Å². The molecule has 2 heterocycles. The van der Waals surface area contributed by atoms with Crippen molar-refractivity contribution in [2.75, 3.05) is 6.54 Å². The summed E-state index contributed by atoms with van der Waals surface area (Å²) in [5.74, 6) is 0.556. The maximum absolute atomic E-state index is 5.08. The van der Waals surface area contributed by atoms with E-state index in [9.17, 15) is 0 Å². The molecule has 3 heteroatoms. The second-order valence-electron chi connectivity index (χ2n) is 4.14. The van der Waals surface area contributed by atoms with Crippen LogP contribution in [-0.4, -0.2) is 6.54 Å². The average Bonchev–Trinajstić information content (AvgIpc) is 2.95. The highest BCUT2D eigenvalue weighted by molar-refractivity contribution is 7.07. The monoisotopic (exact) mass is 235 g/mol. The Bertz CT molecular complexity index is 353. The highest BCUT2D eigenvalue weighted by Crippen LogP contribution is 2.19. The quantitative estimate of drug-likeness (QED) is 0.852. The molecule has 16 heavy (non-hydrogen) atoms. The Balaban J connectivity index is 1.84. The van der Waals surface area contributed by atoms with Gasteiger partial charge in [-0.05, 0) is 41.3 Å². The Morgan fingerprint density at radius 3 is 2.81 bits per heavy atom. The molecule has 0 aliphatic carbocycles.